The summed E-state index contributed by atoms with van der Waals surface area (Å²) >= 11 is 0. The van der Waals surface area contributed by atoms with Crippen molar-refractivity contribution in [3.8, 4) is 22.8 Å². The molecule has 3 aromatic heterocycles. The topological polar surface area (TPSA) is 84.4 Å². The number of aromatic amines is 1. The molecule has 0 radical (unpaired) electrons. The highest BCUT2D eigenvalue weighted by Gasteiger charge is 2.30. The molecule has 166 valence electrons. The van der Waals surface area contributed by atoms with Crippen molar-refractivity contribution in [1.29, 1.82) is 0 Å². The van der Waals surface area contributed by atoms with Crippen LogP contribution in [0.2, 0.25) is 0 Å². The molecule has 1 N–H and O–H groups in total. The van der Waals surface area contributed by atoms with E-state index in [2.05, 4.69) is 25.2 Å². The standard InChI is InChI=1S/C21H11F5N6O/c22-14-3-1-2-13(18(14)23)19-28-15-8-27-32(9-16(15)29-19)10-17-30-20(33-31-17)11-4-6-12(7-5-11)21(24,25)26/h1-9H,10H2/p+1. The Labute approximate surface area is 181 Å². The number of nitrogens with zero attached hydrogens (tertiary/aromatic N) is 5. The highest BCUT2D eigenvalue weighted by molar-refractivity contribution is 5.77. The maximum Gasteiger partial charge on any atom is 0.416 e. The lowest BCUT2D eigenvalue weighted by molar-refractivity contribution is -0.745. The van der Waals surface area contributed by atoms with Gasteiger partial charge in [0.05, 0.1) is 11.1 Å². The minimum Gasteiger partial charge on any atom is -0.334 e. The van der Waals surface area contributed by atoms with Crippen molar-refractivity contribution in [3.63, 3.8) is 0 Å². The summed E-state index contributed by atoms with van der Waals surface area (Å²) in [5, 5.41) is 8.02. The summed E-state index contributed by atoms with van der Waals surface area (Å²) < 4.78 is 72.3. The molecule has 0 aliphatic rings. The molecule has 0 bridgehead atoms. The van der Waals surface area contributed by atoms with Crippen LogP contribution in [0.4, 0.5) is 22.0 Å². The normalized spacial score (nSPS) is 11.9. The number of imidazole rings is 1. The summed E-state index contributed by atoms with van der Waals surface area (Å²) in [6.45, 7) is 0.0861. The van der Waals surface area contributed by atoms with Crippen LogP contribution >= 0.6 is 0 Å². The third-order valence-electron chi connectivity index (χ3n) is 4.81. The van der Waals surface area contributed by atoms with Crippen molar-refractivity contribution < 1.29 is 31.2 Å². The molecule has 0 fully saturated rings. The lowest BCUT2D eigenvalue weighted by atomic mass is 10.1. The third kappa shape index (κ3) is 4.02. The maximum absolute atomic E-state index is 14.1. The van der Waals surface area contributed by atoms with Gasteiger partial charge in [-0.05, 0) is 41.5 Å². The largest absolute Gasteiger partial charge is 0.416 e. The lowest BCUT2D eigenvalue weighted by Crippen LogP contribution is -2.38. The zero-order valence-corrected chi connectivity index (χ0v) is 16.4. The molecule has 5 rings (SSSR count). The number of benzene rings is 2. The number of rotatable bonds is 4. The van der Waals surface area contributed by atoms with Crippen LogP contribution < -0.4 is 4.68 Å². The van der Waals surface area contributed by atoms with Gasteiger partial charge in [0.2, 0.25) is 18.6 Å². The summed E-state index contributed by atoms with van der Waals surface area (Å²) in [5.41, 5.74) is 0.484. The van der Waals surface area contributed by atoms with Gasteiger partial charge in [0, 0.05) is 5.56 Å². The second-order valence-corrected chi connectivity index (χ2v) is 7.05. The summed E-state index contributed by atoms with van der Waals surface area (Å²) in [6, 6.07) is 8.15. The monoisotopic (exact) mass is 459 g/mol. The molecule has 0 atom stereocenters. The van der Waals surface area contributed by atoms with E-state index >= 15 is 0 Å². The molecule has 2 aromatic carbocycles. The summed E-state index contributed by atoms with van der Waals surface area (Å²) in [4.78, 5) is 11.3. The molecule has 5 aromatic rings. The van der Waals surface area contributed by atoms with E-state index in [-0.39, 0.29) is 29.6 Å². The van der Waals surface area contributed by atoms with Gasteiger partial charge in [-0.15, -0.1) is 0 Å². The first kappa shape index (κ1) is 20.7. The van der Waals surface area contributed by atoms with Crippen LogP contribution in [0, 0.1) is 11.6 Å². The predicted molar refractivity (Wildman–Crippen MR) is 103 cm³/mol. The number of halogens is 5. The Kier molecular flexibility index (Phi) is 4.84. The van der Waals surface area contributed by atoms with Gasteiger partial charge in [0.15, 0.2) is 11.6 Å². The van der Waals surface area contributed by atoms with Gasteiger partial charge in [-0.3, -0.25) is 0 Å². The Balaban J connectivity index is 1.38. The molecule has 0 aliphatic heterocycles. The Morgan fingerprint density at radius 3 is 2.55 bits per heavy atom. The highest BCUT2D eigenvalue weighted by Crippen LogP contribution is 2.30. The first-order valence-electron chi connectivity index (χ1n) is 9.48. The maximum atomic E-state index is 14.1. The SMILES string of the molecule is Fc1cccc(-c2nc3cn[n+](Cc4noc(-c5ccc(C(F)(F)F)cc5)n4)cc3[nH]2)c1F. The van der Waals surface area contributed by atoms with Crippen LogP contribution in [0.15, 0.2) is 59.4 Å². The van der Waals surface area contributed by atoms with Crippen molar-refractivity contribution in [2.24, 2.45) is 0 Å². The quantitative estimate of drug-likeness (QED) is 0.320. The molecule has 7 nitrogen and oxygen atoms in total. The highest BCUT2D eigenvalue weighted by atomic mass is 19.4. The first-order chi connectivity index (χ1) is 15.8. The van der Waals surface area contributed by atoms with Crippen LogP contribution in [0.5, 0.6) is 0 Å². The van der Waals surface area contributed by atoms with Crippen molar-refractivity contribution >= 4 is 11.0 Å². The van der Waals surface area contributed by atoms with Crippen LogP contribution in [-0.4, -0.2) is 25.2 Å². The van der Waals surface area contributed by atoms with E-state index in [0.29, 0.717) is 16.6 Å². The van der Waals surface area contributed by atoms with Crippen molar-refractivity contribution in [2.45, 2.75) is 12.7 Å². The Hall–Kier alpha value is -4.22. The first-order valence-corrected chi connectivity index (χ1v) is 9.48. The van der Waals surface area contributed by atoms with E-state index in [1.54, 1.807) is 6.20 Å². The van der Waals surface area contributed by atoms with E-state index in [4.69, 9.17) is 4.52 Å². The molecule has 3 heterocycles. The minimum absolute atomic E-state index is 0.0166. The molecule has 0 unspecified atom stereocenters. The summed E-state index contributed by atoms with van der Waals surface area (Å²) in [6.07, 6.45) is -1.42. The Morgan fingerprint density at radius 2 is 1.79 bits per heavy atom. The van der Waals surface area contributed by atoms with Gasteiger partial charge < -0.3 is 9.51 Å². The van der Waals surface area contributed by atoms with Crippen LogP contribution in [0.3, 0.4) is 0 Å². The second kappa shape index (κ2) is 7.73. The average Bonchev–Trinajstić information content (AvgIpc) is 3.42. The fraction of sp³-hybridized carbons (Fsp3) is 0.0952. The summed E-state index contributed by atoms with van der Waals surface area (Å²) in [5.74, 6) is -1.56. The van der Waals surface area contributed by atoms with Gasteiger partial charge in [-0.25, -0.2) is 13.8 Å². The summed E-state index contributed by atoms with van der Waals surface area (Å²) in [7, 11) is 0. The molecular formula is C21H12F5N6O+. The van der Waals surface area contributed by atoms with Crippen LogP contribution in [-0.2, 0) is 12.7 Å². The minimum atomic E-state index is -4.44. The fourth-order valence-electron chi connectivity index (χ4n) is 3.19. The second-order valence-electron chi connectivity index (χ2n) is 7.05. The van der Waals surface area contributed by atoms with Crippen LogP contribution in [0.1, 0.15) is 11.4 Å². The van der Waals surface area contributed by atoms with E-state index < -0.39 is 23.4 Å². The van der Waals surface area contributed by atoms with Gasteiger partial charge in [-0.1, -0.05) is 15.9 Å². The van der Waals surface area contributed by atoms with E-state index in [9.17, 15) is 22.0 Å². The number of nitrogens with one attached hydrogen (secondary N) is 1. The van der Waals surface area contributed by atoms with Gasteiger partial charge in [0.1, 0.15) is 23.1 Å². The van der Waals surface area contributed by atoms with Gasteiger partial charge in [-0.2, -0.15) is 18.2 Å². The number of H-pyrrole nitrogens is 1. The molecule has 12 heteroatoms. The number of hydrogen-bond donors (Lipinski definition) is 1. The fourth-order valence-corrected chi connectivity index (χ4v) is 3.19. The smallest absolute Gasteiger partial charge is 0.334 e. The number of alkyl halides is 3. The Bertz CT molecular complexity index is 1460. The average molecular weight is 459 g/mol. The predicted octanol–water partition coefficient (Wildman–Crippen LogP) is 4.31. The molecule has 0 saturated heterocycles. The van der Waals surface area contributed by atoms with Gasteiger partial charge in [0.25, 0.3) is 5.89 Å². The van der Waals surface area contributed by atoms with Crippen molar-refractivity contribution in [1.82, 2.24) is 25.2 Å². The molecular weight excluding hydrogens is 447 g/mol. The zero-order chi connectivity index (χ0) is 23.2. The van der Waals surface area contributed by atoms with E-state index in [1.807, 2.05) is 0 Å². The number of fused-ring (bicyclic) bond motifs is 1. The van der Waals surface area contributed by atoms with Crippen molar-refractivity contribution in [3.05, 3.63) is 77.9 Å². The van der Waals surface area contributed by atoms with E-state index in [1.165, 1.54) is 35.1 Å². The van der Waals surface area contributed by atoms with Gasteiger partial charge >= 0.3 is 6.18 Å². The molecule has 0 spiro atoms. The lowest BCUT2D eigenvalue weighted by Gasteiger charge is -2.05. The van der Waals surface area contributed by atoms with E-state index in [0.717, 1.165) is 18.2 Å². The Morgan fingerprint density at radius 1 is 1.00 bits per heavy atom. The number of aromatic nitrogens is 6. The molecule has 33 heavy (non-hydrogen) atoms. The zero-order valence-electron chi connectivity index (χ0n) is 16.4. The third-order valence-corrected chi connectivity index (χ3v) is 4.81. The van der Waals surface area contributed by atoms with Crippen molar-refractivity contribution in [2.75, 3.05) is 0 Å². The van der Waals surface area contributed by atoms with Crippen LogP contribution in [0.25, 0.3) is 33.9 Å². The molecule has 0 amide bonds. The molecule has 0 saturated carbocycles. The molecule has 0 aliphatic carbocycles. The number of hydrogen-bond acceptors (Lipinski definition) is 5.